The summed E-state index contributed by atoms with van der Waals surface area (Å²) in [5, 5.41) is 4.37. The van der Waals surface area contributed by atoms with Gasteiger partial charge in [0.05, 0.1) is 0 Å². The summed E-state index contributed by atoms with van der Waals surface area (Å²) in [5.74, 6) is 0.939. The summed E-state index contributed by atoms with van der Waals surface area (Å²) in [6.07, 6.45) is 2.72. The van der Waals surface area contributed by atoms with Gasteiger partial charge in [-0.05, 0) is 38.8 Å². The van der Waals surface area contributed by atoms with Crippen molar-refractivity contribution in [2.24, 2.45) is 0 Å². The molecule has 1 N–H and O–H groups in total. The molecule has 0 bridgehead atoms. The second kappa shape index (κ2) is 6.75. The van der Waals surface area contributed by atoms with E-state index in [9.17, 15) is 0 Å². The van der Waals surface area contributed by atoms with E-state index in [1.165, 1.54) is 16.0 Å². The fourth-order valence-electron chi connectivity index (χ4n) is 1.98. The topological polar surface area (TPSA) is 37.8 Å². The van der Waals surface area contributed by atoms with E-state index < -0.39 is 0 Å². The van der Waals surface area contributed by atoms with Crippen LogP contribution in [0.3, 0.4) is 0 Å². The standard InChI is InChI=1S/C16H21N3S/c1-5-8-17-15-13(4)16(19-10-18-15)20-14-7-6-11(2)9-12(14)3/h6-7,9-10H,5,8H2,1-4H3,(H,17,18,19). The Morgan fingerprint density at radius 1 is 1.15 bits per heavy atom. The molecule has 0 unspecified atom stereocenters. The van der Waals surface area contributed by atoms with Crippen molar-refractivity contribution in [2.75, 3.05) is 11.9 Å². The third-order valence-electron chi connectivity index (χ3n) is 3.12. The highest BCUT2D eigenvalue weighted by molar-refractivity contribution is 7.99. The average molecular weight is 287 g/mol. The molecule has 0 aliphatic carbocycles. The van der Waals surface area contributed by atoms with E-state index in [4.69, 9.17) is 0 Å². The van der Waals surface area contributed by atoms with Gasteiger partial charge in [-0.15, -0.1) is 0 Å². The maximum Gasteiger partial charge on any atom is 0.133 e. The van der Waals surface area contributed by atoms with Gasteiger partial charge in [-0.1, -0.05) is 36.4 Å². The van der Waals surface area contributed by atoms with Gasteiger partial charge in [0.25, 0.3) is 0 Å². The molecule has 0 spiro atoms. The molecule has 3 nitrogen and oxygen atoms in total. The van der Waals surface area contributed by atoms with E-state index >= 15 is 0 Å². The van der Waals surface area contributed by atoms with Crippen LogP contribution in [0.4, 0.5) is 5.82 Å². The van der Waals surface area contributed by atoms with Gasteiger partial charge in [0.2, 0.25) is 0 Å². The average Bonchev–Trinajstić information content (AvgIpc) is 2.42. The number of nitrogens with one attached hydrogen (secondary N) is 1. The minimum Gasteiger partial charge on any atom is -0.370 e. The Morgan fingerprint density at radius 3 is 2.65 bits per heavy atom. The lowest BCUT2D eigenvalue weighted by Crippen LogP contribution is -2.05. The van der Waals surface area contributed by atoms with Gasteiger partial charge in [0, 0.05) is 17.0 Å². The van der Waals surface area contributed by atoms with Gasteiger partial charge < -0.3 is 5.32 Å². The number of anilines is 1. The van der Waals surface area contributed by atoms with Crippen molar-refractivity contribution in [1.29, 1.82) is 0 Å². The van der Waals surface area contributed by atoms with Crippen molar-refractivity contribution in [2.45, 2.75) is 44.0 Å². The second-order valence-electron chi connectivity index (χ2n) is 4.95. The highest BCUT2D eigenvalue weighted by atomic mass is 32.2. The highest BCUT2D eigenvalue weighted by Crippen LogP contribution is 2.32. The zero-order valence-corrected chi connectivity index (χ0v) is 13.3. The Hall–Kier alpha value is -1.55. The minimum atomic E-state index is 0.936. The first kappa shape index (κ1) is 14.9. The highest BCUT2D eigenvalue weighted by Gasteiger charge is 2.09. The van der Waals surface area contributed by atoms with Crippen LogP contribution in [0.2, 0.25) is 0 Å². The second-order valence-corrected chi connectivity index (χ2v) is 5.98. The van der Waals surface area contributed by atoms with Gasteiger partial charge >= 0.3 is 0 Å². The molecular formula is C16H21N3S. The summed E-state index contributed by atoms with van der Waals surface area (Å²) in [7, 11) is 0. The Bertz CT molecular complexity index is 596. The molecule has 0 aliphatic heterocycles. The molecule has 1 heterocycles. The van der Waals surface area contributed by atoms with E-state index in [1.54, 1.807) is 18.1 Å². The molecule has 1 aromatic heterocycles. The number of aromatic nitrogens is 2. The van der Waals surface area contributed by atoms with Crippen LogP contribution in [0, 0.1) is 20.8 Å². The van der Waals surface area contributed by atoms with E-state index in [0.717, 1.165) is 29.4 Å². The molecule has 0 fully saturated rings. The molecule has 0 saturated heterocycles. The normalized spacial score (nSPS) is 10.6. The molecule has 4 heteroatoms. The van der Waals surface area contributed by atoms with Crippen molar-refractivity contribution in [3.05, 3.63) is 41.2 Å². The molecule has 0 atom stereocenters. The van der Waals surface area contributed by atoms with E-state index in [2.05, 4.69) is 61.2 Å². The molecule has 0 aliphatic rings. The molecule has 1 aromatic carbocycles. The number of hydrogen-bond acceptors (Lipinski definition) is 4. The smallest absolute Gasteiger partial charge is 0.133 e. The van der Waals surface area contributed by atoms with Crippen molar-refractivity contribution < 1.29 is 0 Å². The number of aryl methyl sites for hydroxylation is 2. The van der Waals surface area contributed by atoms with Crippen molar-refractivity contribution in [1.82, 2.24) is 9.97 Å². The van der Waals surface area contributed by atoms with Crippen LogP contribution in [0.25, 0.3) is 0 Å². The Labute approximate surface area is 125 Å². The maximum atomic E-state index is 4.42. The minimum absolute atomic E-state index is 0.936. The number of nitrogens with zero attached hydrogens (tertiary/aromatic N) is 2. The van der Waals surface area contributed by atoms with Crippen molar-refractivity contribution in [3.63, 3.8) is 0 Å². The molecule has 0 amide bonds. The predicted octanol–water partition coefficient (Wildman–Crippen LogP) is 4.37. The third kappa shape index (κ3) is 3.51. The SMILES string of the molecule is CCCNc1ncnc(Sc2ccc(C)cc2C)c1C. The van der Waals surface area contributed by atoms with Gasteiger partial charge in [0.15, 0.2) is 0 Å². The summed E-state index contributed by atoms with van der Waals surface area (Å²) >= 11 is 1.71. The Balaban J connectivity index is 2.24. The van der Waals surface area contributed by atoms with Gasteiger partial charge in [-0.3, -0.25) is 0 Å². The first-order valence-corrected chi connectivity index (χ1v) is 7.74. The van der Waals surface area contributed by atoms with Crippen molar-refractivity contribution >= 4 is 17.6 Å². The quantitative estimate of drug-likeness (QED) is 0.828. The molecule has 106 valence electrons. The summed E-state index contributed by atoms with van der Waals surface area (Å²) in [5.41, 5.74) is 3.69. The van der Waals surface area contributed by atoms with E-state index in [1.807, 2.05) is 0 Å². The van der Waals surface area contributed by atoms with Gasteiger partial charge in [0.1, 0.15) is 17.2 Å². The lowest BCUT2D eigenvalue weighted by molar-refractivity contribution is 0.938. The fourth-order valence-corrected chi connectivity index (χ4v) is 2.89. The zero-order chi connectivity index (χ0) is 14.5. The molecular weight excluding hydrogens is 266 g/mol. The van der Waals surface area contributed by atoms with Crippen LogP contribution in [-0.2, 0) is 0 Å². The first-order chi connectivity index (χ1) is 9.61. The largest absolute Gasteiger partial charge is 0.370 e. The van der Waals surface area contributed by atoms with Crippen LogP contribution in [0.5, 0.6) is 0 Å². The first-order valence-electron chi connectivity index (χ1n) is 6.92. The molecule has 2 rings (SSSR count). The number of benzene rings is 1. The number of hydrogen-bond donors (Lipinski definition) is 1. The number of rotatable bonds is 5. The summed E-state index contributed by atoms with van der Waals surface area (Å²) in [4.78, 5) is 9.99. The Morgan fingerprint density at radius 2 is 1.95 bits per heavy atom. The van der Waals surface area contributed by atoms with E-state index in [0.29, 0.717) is 0 Å². The summed E-state index contributed by atoms with van der Waals surface area (Å²) < 4.78 is 0. The van der Waals surface area contributed by atoms with Crippen LogP contribution >= 0.6 is 11.8 Å². The zero-order valence-electron chi connectivity index (χ0n) is 12.5. The molecule has 2 aromatic rings. The van der Waals surface area contributed by atoms with Crippen molar-refractivity contribution in [3.8, 4) is 0 Å². The van der Waals surface area contributed by atoms with Crippen LogP contribution in [0.1, 0.15) is 30.0 Å². The lowest BCUT2D eigenvalue weighted by atomic mass is 10.2. The maximum absolute atomic E-state index is 4.42. The summed E-state index contributed by atoms with van der Waals surface area (Å²) in [6.45, 7) is 9.41. The Kier molecular flexibility index (Phi) is 5.01. The molecule has 20 heavy (non-hydrogen) atoms. The van der Waals surface area contributed by atoms with Crippen LogP contribution in [-0.4, -0.2) is 16.5 Å². The molecule has 0 saturated carbocycles. The molecule has 0 radical (unpaired) electrons. The predicted molar refractivity (Wildman–Crippen MR) is 85.6 cm³/mol. The van der Waals surface area contributed by atoms with Crippen LogP contribution < -0.4 is 5.32 Å². The van der Waals surface area contributed by atoms with Gasteiger partial charge in [-0.2, -0.15) is 0 Å². The van der Waals surface area contributed by atoms with E-state index in [-0.39, 0.29) is 0 Å². The van der Waals surface area contributed by atoms with Gasteiger partial charge in [-0.25, -0.2) is 9.97 Å². The lowest BCUT2D eigenvalue weighted by Gasteiger charge is -2.11. The van der Waals surface area contributed by atoms with Crippen LogP contribution in [0.15, 0.2) is 34.4 Å². The summed E-state index contributed by atoms with van der Waals surface area (Å²) in [6, 6.07) is 6.51. The monoisotopic (exact) mass is 287 g/mol. The third-order valence-corrected chi connectivity index (χ3v) is 4.40. The fraction of sp³-hybridized carbons (Fsp3) is 0.375.